The first-order chi connectivity index (χ1) is 14.6. The molecule has 6 heteroatoms. The number of amides is 1. The molecule has 30 heavy (non-hydrogen) atoms. The number of carbonyl (C=O) groups excluding carboxylic acids is 1. The summed E-state index contributed by atoms with van der Waals surface area (Å²) >= 11 is 0. The van der Waals surface area contributed by atoms with E-state index in [0.29, 0.717) is 24.6 Å². The second-order valence-corrected chi connectivity index (χ2v) is 8.03. The number of methoxy groups -OCH3 is 2. The third kappa shape index (κ3) is 4.15. The van der Waals surface area contributed by atoms with Gasteiger partial charge in [0.1, 0.15) is 5.82 Å². The molecular weight excluding hydrogens is 383 g/mol. The molecule has 1 unspecified atom stereocenters. The number of likely N-dealkylation sites (tertiary alicyclic amines) is 1. The van der Waals surface area contributed by atoms with Crippen molar-refractivity contribution in [3.05, 3.63) is 58.9 Å². The third-order valence-corrected chi connectivity index (χ3v) is 6.19. The molecular formula is C24H29FN2O3. The monoisotopic (exact) mass is 412 g/mol. The maximum atomic E-state index is 13.6. The lowest BCUT2D eigenvalue weighted by Crippen LogP contribution is -2.46. The van der Waals surface area contributed by atoms with Gasteiger partial charge in [0.05, 0.1) is 26.8 Å². The topological polar surface area (TPSA) is 42.0 Å². The van der Waals surface area contributed by atoms with Gasteiger partial charge < -0.3 is 14.4 Å². The Bertz CT molecular complexity index is 894. The van der Waals surface area contributed by atoms with E-state index in [1.807, 2.05) is 17.0 Å². The van der Waals surface area contributed by atoms with Crippen molar-refractivity contribution in [3.63, 3.8) is 0 Å². The van der Waals surface area contributed by atoms with Crippen molar-refractivity contribution in [2.24, 2.45) is 0 Å². The number of benzene rings is 2. The van der Waals surface area contributed by atoms with E-state index in [-0.39, 0.29) is 17.8 Å². The Morgan fingerprint density at radius 3 is 2.33 bits per heavy atom. The number of nitrogens with zero attached hydrogens (tertiary/aromatic N) is 2. The van der Waals surface area contributed by atoms with Gasteiger partial charge >= 0.3 is 0 Å². The molecule has 0 aliphatic carbocycles. The van der Waals surface area contributed by atoms with E-state index in [4.69, 9.17) is 9.47 Å². The predicted octanol–water partition coefficient (Wildman–Crippen LogP) is 3.80. The zero-order chi connectivity index (χ0) is 21.1. The Hall–Kier alpha value is -2.60. The molecule has 0 aromatic heterocycles. The van der Waals surface area contributed by atoms with Crippen LogP contribution in [0.5, 0.6) is 11.5 Å². The summed E-state index contributed by atoms with van der Waals surface area (Å²) in [5, 5.41) is 0. The Morgan fingerprint density at radius 2 is 1.67 bits per heavy atom. The Morgan fingerprint density at radius 1 is 1.00 bits per heavy atom. The van der Waals surface area contributed by atoms with Gasteiger partial charge in [0.25, 0.3) is 0 Å². The Labute approximate surface area is 177 Å². The van der Waals surface area contributed by atoms with Gasteiger partial charge in [0.2, 0.25) is 5.91 Å². The average molecular weight is 413 g/mol. The van der Waals surface area contributed by atoms with Gasteiger partial charge in [-0.05, 0) is 73.3 Å². The van der Waals surface area contributed by atoms with E-state index in [1.165, 1.54) is 18.6 Å². The van der Waals surface area contributed by atoms with Crippen molar-refractivity contribution in [2.75, 3.05) is 40.4 Å². The van der Waals surface area contributed by atoms with Crippen LogP contribution in [0.2, 0.25) is 0 Å². The van der Waals surface area contributed by atoms with Crippen LogP contribution in [-0.4, -0.2) is 56.1 Å². The molecule has 2 aliphatic heterocycles. The number of halogens is 1. The zero-order valence-electron chi connectivity index (χ0n) is 17.7. The zero-order valence-corrected chi connectivity index (χ0v) is 17.7. The van der Waals surface area contributed by atoms with E-state index in [9.17, 15) is 9.18 Å². The van der Waals surface area contributed by atoms with E-state index in [2.05, 4.69) is 4.90 Å². The molecule has 0 saturated carbocycles. The molecule has 0 N–H and O–H groups in total. The van der Waals surface area contributed by atoms with Crippen LogP contribution in [-0.2, 0) is 11.2 Å². The summed E-state index contributed by atoms with van der Waals surface area (Å²) in [4.78, 5) is 17.5. The second kappa shape index (κ2) is 9.04. The van der Waals surface area contributed by atoms with Crippen LogP contribution in [0, 0.1) is 5.82 Å². The normalized spacial score (nSPS) is 19.3. The summed E-state index contributed by atoms with van der Waals surface area (Å²) in [7, 11) is 3.23. The van der Waals surface area contributed by atoms with Gasteiger partial charge in [-0.3, -0.25) is 9.69 Å². The molecule has 1 atom stereocenters. The number of hydrogen-bond acceptors (Lipinski definition) is 4. The van der Waals surface area contributed by atoms with E-state index < -0.39 is 0 Å². The lowest BCUT2D eigenvalue weighted by atomic mass is 9.87. The number of piperidine rings is 1. The van der Waals surface area contributed by atoms with E-state index in [1.54, 1.807) is 26.4 Å². The van der Waals surface area contributed by atoms with Crippen LogP contribution in [0.4, 0.5) is 4.39 Å². The van der Waals surface area contributed by atoms with Crippen molar-refractivity contribution in [1.82, 2.24) is 9.80 Å². The minimum absolute atomic E-state index is 0.117. The predicted molar refractivity (Wildman–Crippen MR) is 113 cm³/mol. The molecule has 2 heterocycles. The molecule has 1 saturated heterocycles. The number of rotatable bonds is 5. The molecule has 2 aromatic carbocycles. The summed E-state index contributed by atoms with van der Waals surface area (Å²) in [6, 6.07) is 10.1. The van der Waals surface area contributed by atoms with Crippen molar-refractivity contribution < 1.29 is 18.7 Å². The highest BCUT2D eigenvalue weighted by molar-refractivity contribution is 5.80. The first-order valence-electron chi connectivity index (χ1n) is 10.6. The number of fused-ring (bicyclic) bond motifs is 1. The van der Waals surface area contributed by atoms with Crippen LogP contribution < -0.4 is 9.47 Å². The van der Waals surface area contributed by atoms with Gasteiger partial charge in [-0.25, -0.2) is 4.39 Å². The number of hydrogen-bond donors (Lipinski definition) is 0. The molecule has 0 radical (unpaired) electrons. The van der Waals surface area contributed by atoms with Crippen LogP contribution >= 0.6 is 0 Å². The molecule has 2 aromatic rings. The van der Waals surface area contributed by atoms with Crippen LogP contribution in [0.3, 0.4) is 0 Å². The maximum Gasteiger partial charge on any atom is 0.237 e. The van der Waals surface area contributed by atoms with Gasteiger partial charge in [0, 0.05) is 6.54 Å². The highest BCUT2D eigenvalue weighted by atomic mass is 19.1. The van der Waals surface area contributed by atoms with Crippen molar-refractivity contribution in [3.8, 4) is 11.5 Å². The summed E-state index contributed by atoms with van der Waals surface area (Å²) in [5.74, 6) is 1.15. The quantitative estimate of drug-likeness (QED) is 0.749. The number of ether oxygens (including phenoxy) is 2. The average Bonchev–Trinajstić information content (AvgIpc) is 2.78. The molecule has 0 bridgehead atoms. The standard InChI is InChI=1S/C24H29FN2O3/c1-29-21-14-18-10-13-27(23(28)16-26-11-4-3-5-12-26)24(20(18)15-22(21)30-2)17-6-8-19(25)9-7-17/h6-9,14-15,24H,3-5,10-13,16H2,1-2H3. The molecule has 0 spiro atoms. The van der Waals surface area contributed by atoms with E-state index >= 15 is 0 Å². The molecule has 1 amide bonds. The fourth-order valence-electron chi connectivity index (χ4n) is 4.62. The lowest BCUT2D eigenvalue weighted by Gasteiger charge is -2.39. The van der Waals surface area contributed by atoms with Gasteiger partial charge in [-0.1, -0.05) is 18.6 Å². The number of carbonyl (C=O) groups is 1. The van der Waals surface area contributed by atoms with Crippen LogP contribution in [0.1, 0.15) is 42.0 Å². The summed E-state index contributed by atoms with van der Waals surface area (Å²) in [5.41, 5.74) is 3.04. The molecule has 5 nitrogen and oxygen atoms in total. The Kier molecular flexibility index (Phi) is 6.23. The van der Waals surface area contributed by atoms with Crippen LogP contribution in [0.15, 0.2) is 36.4 Å². The molecule has 4 rings (SSSR count). The second-order valence-electron chi connectivity index (χ2n) is 8.03. The fourth-order valence-corrected chi connectivity index (χ4v) is 4.62. The molecule has 2 aliphatic rings. The first kappa shape index (κ1) is 20.7. The highest BCUT2D eigenvalue weighted by Crippen LogP contribution is 2.41. The lowest BCUT2D eigenvalue weighted by molar-refractivity contribution is -0.134. The highest BCUT2D eigenvalue weighted by Gasteiger charge is 2.34. The first-order valence-corrected chi connectivity index (χ1v) is 10.6. The molecule has 1 fully saturated rings. The van der Waals surface area contributed by atoms with Gasteiger partial charge in [-0.2, -0.15) is 0 Å². The summed E-state index contributed by atoms with van der Waals surface area (Å²) in [6.45, 7) is 3.00. The van der Waals surface area contributed by atoms with E-state index in [0.717, 1.165) is 49.0 Å². The largest absolute Gasteiger partial charge is 0.493 e. The minimum Gasteiger partial charge on any atom is -0.493 e. The van der Waals surface area contributed by atoms with Gasteiger partial charge in [0.15, 0.2) is 11.5 Å². The van der Waals surface area contributed by atoms with Crippen molar-refractivity contribution in [1.29, 1.82) is 0 Å². The smallest absolute Gasteiger partial charge is 0.237 e. The minimum atomic E-state index is -0.284. The SMILES string of the molecule is COc1cc2c(cc1OC)C(c1ccc(F)cc1)N(C(=O)CN1CCCCC1)CC2. The van der Waals surface area contributed by atoms with Gasteiger partial charge in [-0.15, -0.1) is 0 Å². The maximum absolute atomic E-state index is 13.6. The van der Waals surface area contributed by atoms with Crippen molar-refractivity contribution in [2.45, 2.75) is 31.7 Å². The molecule has 160 valence electrons. The van der Waals surface area contributed by atoms with Crippen molar-refractivity contribution >= 4 is 5.91 Å². The third-order valence-electron chi connectivity index (χ3n) is 6.19. The summed E-state index contributed by atoms with van der Waals surface area (Å²) < 4.78 is 24.6. The van der Waals surface area contributed by atoms with Crippen LogP contribution in [0.25, 0.3) is 0 Å². The summed E-state index contributed by atoms with van der Waals surface area (Å²) in [6.07, 6.45) is 4.28. The Balaban J connectivity index is 1.71. The fraction of sp³-hybridized carbons (Fsp3) is 0.458.